The van der Waals surface area contributed by atoms with E-state index in [1.54, 1.807) is 0 Å². The zero-order valence-electron chi connectivity index (χ0n) is 8.80. The molecule has 0 unspecified atom stereocenters. The third-order valence-corrected chi connectivity index (χ3v) is 1.53. The summed E-state index contributed by atoms with van der Waals surface area (Å²) in [5, 5.41) is 0. The molecular weight excluding hydrogens is 359 g/mol. The summed E-state index contributed by atoms with van der Waals surface area (Å²) in [6, 6.07) is 0. The lowest BCUT2D eigenvalue weighted by atomic mass is 10.6. The maximum Gasteiger partial charge on any atom is 0.522 e. The Hall–Kier alpha value is -1.58. The molecule has 0 saturated heterocycles. The highest BCUT2D eigenvalue weighted by atomic mass is 32.2. The van der Waals surface area contributed by atoms with Crippen LogP contribution in [0.25, 0.3) is 0 Å². The van der Waals surface area contributed by atoms with Crippen LogP contribution in [-0.4, -0.2) is 42.8 Å². The zero-order chi connectivity index (χ0) is 17.9. The van der Waals surface area contributed by atoms with Gasteiger partial charge in [0.1, 0.15) is 0 Å². The van der Waals surface area contributed by atoms with E-state index in [1.165, 1.54) is 0 Å². The molecule has 0 rings (SSSR count). The van der Waals surface area contributed by atoms with Gasteiger partial charge in [-0.3, -0.25) is 4.55 Å². The van der Waals surface area contributed by atoms with E-state index in [2.05, 4.69) is 4.74 Å². The summed E-state index contributed by atoms with van der Waals surface area (Å²) in [6.45, 7) is 0. The molecule has 0 aromatic heterocycles. The van der Waals surface area contributed by atoms with Crippen molar-refractivity contribution in [3.8, 4) is 0 Å². The van der Waals surface area contributed by atoms with Gasteiger partial charge < -0.3 is 4.74 Å². The third-order valence-electron chi connectivity index (χ3n) is 0.941. The van der Waals surface area contributed by atoms with Crippen LogP contribution in [0.3, 0.4) is 0 Å². The first kappa shape index (κ1) is 21.7. The molecule has 0 spiro atoms. The predicted molar refractivity (Wildman–Crippen MR) is 40.8 cm³/mol. The van der Waals surface area contributed by atoms with Crippen molar-refractivity contribution in [3.63, 3.8) is 0 Å². The van der Waals surface area contributed by atoms with E-state index < -0.39 is 39.9 Å². The molecule has 16 heteroatoms. The van der Waals surface area contributed by atoms with Crippen molar-refractivity contribution in [1.29, 1.82) is 0 Å². The first-order chi connectivity index (χ1) is 8.80. The topological polar surface area (TPSA) is 97.7 Å². The second-order valence-electron chi connectivity index (χ2n) is 2.59. The Morgan fingerprint density at radius 2 is 0.952 bits per heavy atom. The van der Waals surface area contributed by atoms with Crippen LogP contribution in [0.15, 0.2) is 0 Å². The van der Waals surface area contributed by atoms with Crippen molar-refractivity contribution in [2.24, 2.45) is 0 Å². The first-order valence-corrected chi connectivity index (χ1v) is 5.18. The van der Waals surface area contributed by atoms with Gasteiger partial charge in [-0.15, -0.1) is 0 Å². The van der Waals surface area contributed by atoms with Crippen LogP contribution in [0, 0.1) is 0 Å². The molecule has 0 aliphatic rings. The quantitative estimate of drug-likeness (QED) is 0.232. The Labute approximate surface area is 108 Å². The average molecular weight is 360 g/mol. The van der Waals surface area contributed by atoms with Crippen LogP contribution in [0.1, 0.15) is 0 Å². The molecule has 21 heavy (non-hydrogen) atoms. The smallest absolute Gasteiger partial charge is 0.380 e. The van der Waals surface area contributed by atoms with Crippen molar-refractivity contribution >= 4 is 22.1 Å². The van der Waals surface area contributed by atoms with E-state index in [1.807, 2.05) is 0 Å². The SMILES string of the molecule is O=C(OC(=O)C(F)(F)F)C(F)(F)F.O=S(=O)(O)C(F)(F)F. The number of esters is 2. The van der Waals surface area contributed by atoms with E-state index in [-0.39, 0.29) is 0 Å². The monoisotopic (exact) mass is 360 g/mol. The fraction of sp³-hybridized carbons (Fsp3) is 0.600. The lowest BCUT2D eigenvalue weighted by Crippen LogP contribution is -2.34. The van der Waals surface area contributed by atoms with E-state index in [0.717, 1.165) is 0 Å². The Kier molecular flexibility index (Phi) is 6.68. The lowest BCUT2D eigenvalue weighted by Gasteiger charge is -2.06. The van der Waals surface area contributed by atoms with E-state index >= 15 is 0 Å². The zero-order valence-corrected chi connectivity index (χ0v) is 9.61. The highest BCUT2D eigenvalue weighted by Crippen LogP contribution is 2.21. The second-order valence-corrected chi connectivity index (χ2v) is 4.01. The van der Waals surface area contributed by atoms with Crippen LogP contribution in [0.4, 0.5) is 39.5 Å². The van der Waals surface area contributed by atoms with Gasteiger partial charge in [0.2, 0.25) is 0 Å². The molecule has 0 fully saturated rings. The Morgan fingerprint density at radius 3 is 1.05 bits per heavy atom. The first-order valence-electron chi connectivity index (χ1n) is 3.74. The number of carbonyl (C=O) groups excluding carboxylic acids is 2. The molecule has 0 amide bonds. The van der Waals surface area contributed by atoms with Gasteiger partial charge in [0.25, 0.3) is 0 Å². The molecule has 0 radical (unpaired) electrons. The molecule has 0 aromatic rings. The Bertz CT molecular complexity index is 458. The maximum absolute atomic E-state index is 11.2. The normalized spacial score (nSPS) is 13.0. The van der Waals surface area contributed by atoms with Gasteiger partial charge in [-0.05, 0) is 0 Å². The summed E-state index contributed by atoms with van der Waals surface area (Å²) in [4.78, 5) is 19.3. The molecule has 0 heterocycles. The minimum absolute atomic E-state index is 2.45. The number of hydrogen-bond donors (Lipinski definition) is 1. The van der Waals surface area contributed by atoms with Crippen LogP contribution < -0.4 is 0 Å². The van der Waals surface area contributed by atoms with Crippen molar-refractivity contribution in [2.45, 2.75) is 17.9 Å². The van der Waals surface area contributed by atoms with Gasteiger partial charge in [0.05, 0.1) is 0 Å². The van der Waals surface area contributed by atoms with Gasteiger partial charge in [-0.1, -0.05) is 0 Å². The van der Waals surface area contributed by atoms with Crippen molar-refractivity contribution in [1.82, 2.24) is 0 Å². The van der Waals surface area contributed by atoms with E-state index in [9.17, 15) is 49.1 Å². The van der Waals surface area contributed by atoms with E-state index in [0.29, 0.717) is 0 Å². The highest BCUT2D eigenvalue weighted by Gasteiger charge is 2.49. The fourth-order valence-electron chi connectivity index (χ4n) is 0.200. The van der Waals surface area contributed by atoms with Crippen LogP contribution in [-0.2, 0) is 24.4 Å². The molecule has 0 saturated carbocycles. The Balaban J connectivity index is 0. The summed E-state index contributed by atoms with van der Waals surface area (Å²) >= 11 is 0. The van der Waals surface area contributed by atoms with Gasteiger partial charge in [0, 0.05) is 0 Å². The largest absolute Gasteiger partial charge is 0.522 e. The summed E-state index contributed by atoms with van der Waals surface area (Å²) < 4.78 is 127. The molecule has 0 aliphatic carbocycles. The molecule has 0 bridgehead atoms. The summed E-state index contributed by atoms with van der Waals surface area (Å²) in [6.07, 6.45) is -11.2. The van der Waals surface area contributed by atoms with Gasteiger partial charge >= 0.3 is 39.9 Å². The van der Waals surface area contributed by atoms with E-state index in [4.69, 9.17) is 13.0 Å². The molecule has 0 aliphatic heterocycles. The number of hydrogen-bond acceptors (Lipinski definition) is 5. The van der Waals surface area contributed by atoms with Crippen molar-refractivity contribution < 1.29 is 66.8 Å². The molecule has 6 nitrogen and oxygen atoms in total. The fourth-order valence-corrected chi connectivity index (χ4v) is 0.200. The van der Waals surface area contributed by atoms with Crippen LogP contribution >= 0.6 is 0 Å². The summed E-state index contributed by atoms with van der Waals surface area (Å²) in [5.41, 5.74) is -5.53. The predicted octanol–water partition coefficient (Wildman–Crippen LogP) is 1.57. The minimum atomic E-state index is -5.84. The van der Waals surface area contributed by atoms with Crippen molar-refractivity contribution in [2.75, 3.05) is 0 Å². The Morgan fingerprint density at radius 1 is 0.762 bits per heavy atom. The molecular formula is C5HF9O6S. The van der Waals surface area contributed by atoms with Crippen LogP contribution in [0.5, 0.6) is 0 Å². The van der Waals surface area contributed by atoms with Gasteiger partial charge in [-0.2, -0.15) is 47.9 Å². The lowest BCUT2D eigenvalue weighted by molar-refractivity contribution is -0.221. The molecule has 126 valence electrons. The standard InChI is InChI=1S/C4F6O3.CHF3O3S/c5-3(6,7)1(11)13-2(12)4(8,9)10;2-1(3,4)8(5,6)7/h;(H,5,6,7). The minimum Gasteiger partial charge on any atom is -0.380 e. The average Bonchev–Trinajstić information content (AvgIpc) is 2.11. The van der Waals surface area contributed by atoms with Crippen molar-refractivity contribution in [3.05, 3.63) is 0 Å². The number of halogens is 9. The summed E-state index contributed by atoms with van der Waals surface area (Å²) in [5.74, 6) is -6.40. The maximum atomic E-state index is 11.2. The summed E-state index contributed by atoms with van der Waals surface area (Å²) in [7, 11) is -5.84. The van der Waals surface area contributed by atoms with Crippen LogP contribution in [0.2, 0.25) is 0 Å². The van der Waals surface area contributed by atoms with Gasteiger partial charge in [0.15, 0.2) is 0 Å². The number of alkyl halides is 9. The second kappa shape index (κ2) is 6.46. The number of rotatable bonds is 0. The number of ether oxygens (including phenoxy) is 1. The molecule has 0 atom stereocenters. The highest BCUT2D eigenvalue weighted by molar-refractivity contribution is 7.86. The molecule has 1 N–H and O–H groups in total. The number of carbonyl (C=O) groups is 2. The molecule has 0 aromatic carbocycles. The third kappa shape index (κ3) is 9.05. The van der Waals surface area contributed by atoms with Gasteiger partial charge in [-0.25, -0.2) is 9.59 Å².